The summed E-state index contributed by atoms with van der Waals surface area (Å²) in [6, 6.07) is 9.95. The molecule has 2 fully saturated rings. The van der Waals surface area contributed by atoms with Crippen molar-refractivity contribution >= 4 is 15.7 Å². The zero-order chi connectivity index (χ0) is 22.7. The van der Waals surface area contributed by atoms with Crippen molar-refractivity contribution in [1.29, 1.82) is 0 Å². The Hall–Kier alpha value is -2.33. The molecule has 2 aromatic rings. The minimum absolute atomic E-state index is 0.0404. The molecule has 0 N–H and O–H groups in total. The predicted molar refractivity (Wildman–Crippen MR) is 122 cm³/mol. The molecule has 2 aromatic carbocycles. The average molecular weight is 460 g/mol. The molecule has 0 saturated carbocycles. The van der Waals surface area contributed by atoms with Crippen LogP contribution in [0.15, 0.2) is 46.5 Å². The monoisotopic (exact) mass is 459 g/mol. The summed E-state index contributed by atoms with van der Waals surface area (Å²) < 4.78 is 40.2. The number of piperazine rings is 1. The van der Waals surface area contributed by atoms with Crippen LogP contribution in [-0.4, -0.2) is 63.1 Å². The van der Waals surface area contributed by atoms with E-state index in [1.807, 2.05) is 32.0 Å². The van der Waals surface area contributed by atoms with Gasteiger partial charge in [0.1, 0.15) is 22.1 Å². The van der Waals surface area contributed by atoms with E-state index < -0.39 is 10.0 Å². The van der Waals surface area contributed by atoms with Crippen molar-refractivity contribution in [2.24, 2.45) is 5.18 Å². The first-order valence-corrected chi connectivity index (χ1v) is 12.4. The van der Waals surface area contributed by atoms with Crippen molar-refractivity contribution < 1.29 is 17.9 Å². The number of nitroso groups, excluding NO2 is 1. The second-order valence-electron chi connectivity index (χ2n) is 8.49. The van der Waals surface area contributed by atoms with E-state index >= 15 is 0 Å². The molecule has 0 bridgehead atoms. The van der Waals surface area contributed by atoms with Gasteiger partial charge in [0.2, 0.25) is 10.0 Å². The highest BCUT2D eigenvalue weighted by atomic mass is 32.2. The van der Waals surface area contributed by atoms with Gasteiger partial charge in [-0.05, 0) is 73.3 Å². The summed E-state index contributed by atoms with van der Waals surface area (Å²) in [6.45, 7) is 7.56. The van der Waals surface area contributed by atoms with E-state index in [0.717, 1.165) is 37.1 Å². The fraction of sp³-hybridized carbons (Fsp3) is 0.478. The number of benzene rings is 2. The lowest BCUT2D eigenvalue weighted by molar-refractivity contribution is 0.0617. The first kappa shape index (κ1) is 22.8. The van der Waals surface area contributed by atoms with Crippen molar-refractivity contribution in [3.05, 3.63) is 52.4 Å². The number of rotatable bonds is 7. The second kappa shape index (κ2) is 9.66. The molecule has 0 radical (unpaired) electrons. The molecular formula is C23H29N3O5S. The summed E-state index contributed by atoms with van der Waals surface area (Å²) in [5, 5.41) is 2.93. The third-order valence-electron chi connectivity index (χ3n) is 5.89. The van der Waals surface area contributed by atoms with Gasteiger partial charge >= 0.3 is 0 Å². The smallest absolute Gasteiger partial charge is 0.246 e. The van der Waals surface area contributed by atoms with Crippen LogP contribution >= 0.6 is 0 Å². The lowest BCUT2D eigenvalue weighted by Crippen LogP contribution is -2.50. The molecule has 2 saturated heterocycles. The molecule has 32 heavy (non-hydrogen) atoms. The van der Waals surface area contributed by atoms with Gasteiger partial charge in [0.15, 0.2) is 0 Å². The van der Waals surface area contributed by atoms with Crippen LogP contribution in [0.2, 0.25) is 0 Å². The summed E-state index contributed by atoms with van der Waals surface area (Å²) >= 11 is 0. The van der Waals surface area contributed by atoms with Crippen LogP contribution in [0.1, 0.15) is 24.0 Å². The predicted octanol–water partition coefficient (Wildman–Crippen LogP) is 3.98. The maximum absolute atomic E-state index is 13.5. The van der Waals surface area contributed by atoms with Gasteiger partial charge in [0, 0.05) is 39.3 Å². The minimum atomic E-state index is -3.86. The van der Waals surface area contributed by atoms with E-state index in [0.29, 0.717) is 31.9 Å². The number of nitrogens with zero attached hydrogens (tertiary/aromatic N) is 3. The summed E-state index contributed by atoms with van der Waals surface area (Å²) in [5.74, 6) is 0.733. The zero-order valence-corrected chi connectivity index (χ0v) is 19.3. The van der Waals surface area contributed by atoms with Crippen LogP contribution in [0.25, 0.3) is 0 Å². The van der Waals surface area contributed by atoms with Gasteiger partial charge in [-0.1, -0.05) is 6.07 Å². The normalized spacial score (nSPS) is 20.4. The van der Waals surface area contributed by atoms with Gasteiger partial charge in [0.25, 0.3) is 0 Å². The minimum Gasteiger partial charge on any atom is -0.456 e. The summed E-state index contributed by atoms with van der Waals surface area (Å²) in [7, 11) is -3.86. The van der Waals surface area contributed by atoms with Crippen molar-refractivity contribution in [3.8, 4) is 11.5 Å². The Morgan fingerprint density at radius 3 is 2.41 bits per heavy atom. The van der Waals surface area contributed by atoms with E-state index in [2.05, 4.69) is 10.1 Å². The average Bonchev–Trinajstić information content (AvgIpc) is 3.26. The number of aryl methyl sites for hydroxylation is 2. The third-order valence-corrected chi connectivity index (χ3v) is 7.81. The molecule has 0 aliphatic carbocycles. The van der Waals surface area contributed by atoms with E-state index in [-0.39, 0.29) is 22.4 Å². The lowest BCUT2D eigenvalue weighted by atomic mass is 10.1. The highest BCUT2D eigenvalue weighted by Crippen LogP contribution is 2.35. The number of hydrogen-bond donors (Lipinski definition) is 0. The van der Waals surface area contributed by atoms with E-state index in [9.17, 15) is 13.3 Å². The Bertz CT molecular complexity index is 1050. The molecule has 2 heterocycles. The standard InChI is InChI=1S/C23H29N3O5S/c1-17-12-18(2)14-21(13-17)31-22-6-5-19(24-27)15-23(22)32(28,29)26-9-7-25(8-10-26)16-20-4-3-11-30-20/h5-6,12-15,20H,3-4,7-11,16H2,1-2H3. The fourth-order valence-electron chi connectivity index (χ4n) is 4.33. The van der Waals surface area contributed by atoms with Crippen molar-refractivity contribution in [2.45, 2.75) is 37.7 Å². The maximum atomic E-state index is 13.5. The molecule has 0 spiro atoms. The molecule has 2 aliphatic rings. The topological polar surface area (TPSA) is 88.5 Å². The number of sulfonamides is 1. The Balaban J connectivity index is 1.55. The van der Waals surface area contributed by atoms with Gasteiger partial charge in [0.05, 0.1) is 6.10 Å². The van der Waals surface area contributed by atoms with Crippen LogP contribution in [0.3, 0.4) is 0 Å². The Labute approximate surface area is 189 Å². The molecule has 4 rings (SSSR count). The van der Waals surface area contributed by atoms with Crippen LogP contribution in [0.4, 0.5) is 5.69 Å². The van der Waals surface area contributed by atoms with Gasteiger partial charge in [-0.3, -0.25) is 4.90 Å². The molecule has 0 aromatic heterocycles. The molecule has 9 heteroatoms. The van der Waals surface area contributed by atoms with Gasteiger partial charge in [-0.2, -0.15) is 4.31 Å². The summed E-state index contributed by atoms with van der Waals surface area (Å²) in [4.78, 5) is 13.3. The molecule has 0 amide bonds. The molecule has 172 valence electrons. The molecule has 2 aliphatic heterocycles. The van der Waals surface area contributed by atoms with Crippen LogP contribution in [0.5, 0.6) is 11.5 Å². The maximum Gasteiger partial charge on any atom is 0.246 e. The first-order chi connectivity index (χ1) is 15.3. The van der Waals surface area contributed by atoms with Gasteiger partial charge < -0.3 is 9.47 Å². The fourth-order valence-corrected chi connectivity index (χ4v) is 5.88. The van der Waals surface area contributed by atoms with Gasteiger partial charge in [-0.15, -0.1) is 4.91 Å². The molecule has 1 atom stereocenters. The van der Waals surface area contributed by atoms with E-state index in [4.69, 9.17) is 9.47 Å². The van der Waals surface area contributed by atoms with E-state index in [1.54, 1.807) is 0 Å². The Morgan fingerprint density at radius 1 is 1.06 bits per heavy atom. The Morgan fingerprint density at radius 2 is 1.78 bits per heavy atom. The summed E-state index contributed by atoms with van der Waals surface area (Å²) in [5.41, 5.74) is 2.07. The molecule has 1 unspecified atom stereocenters. The highest BCUT2D eigenvalue weighted by molar-refractivity contribution is 7.89. The number of hydrogen-bond acceptors (Lipinski definition) is 7. The van der Waals surface area contributed by atoms with Crippen LogP contribution in [-0.2, 0) is 14.8 Å². The SMILES string of the molecule is Cc1cc(C)cc(Oc2ccc(N=O)cc2S(=O)(=O)N2CCN(CC3CCCO3)CC2)c1. The zero-order valence-electron chi connectivity index (χ0n) is 18.5. The molecule has 8 nitrogen and oxygen atoms in total. The van der Waals surface area contributed by atoms with Crippen molar-refractivity contribution in [3.63, 3.8) is 0 Å². The largest absolute Gasteiger partial charge is 0.456 e. The van der Waals surface area contributed by atoms with Crippen LogP contribution in [0, 0.1) is 18.8 Å². The van der Waals surface area contributed by atoms with Crippen LogP contribution < -0.4 is 4.74 Å². The quantitative estimate of drug-likeness (QED) is 0.582. The molecular weight excluding hydrogens is 430 g/mol. The number of ether oxygens (including phenoxy) is 2. The van der Waals surface area contributed by atoms with E-state index in [1.165, 1.54) is 22.5 Å². The highest BCUT2D eigenvalue weighted by Gasteiger charge is 2.32. The lowest BCUT2D eigenvalue weighted by Gasteiger charge is -2.35. The van der Waals surface area contributed by atoms with Crippen molar-refractivity contribution in [1.82, 2.24) is 9.21 Å². The van der Waals surface area contributed by atoms with Gasteiger partial charge in [-0.25, -0.2) is 8.42 Å². The summed E-state index contributed by atoms with van der Waals surface area (Å²) in [6.07, 6.45) is 2.39. The Kier molecular flexibility index (Phi) is 6.90. The van der Waals surface area contributed by atoms with Crippen molar-refractivity contribution in [2.75, 3.05) is 39.3 Å². The third kappa shape index (κ3) is 5.17. The first-order valence-electron chi connectivity index (χ1n) is 10.9. The second-order valence-corrected chi connectivity index (χ2v) is 10.4.